The molecule has 0 aromatic carbocycles. The molecule has 1 aliphatic carbocycles. The van der Waals surface area contributed by atoms with Crippen molar-refractivity contribution in [3.63, 3.8) is 0 Å². The van der Waals surface area contributed by atoms with Crippen LogP contribution >= 0.6 is 11.3 Å². The smallest absolute Gasteiger partial charge is 0.232 e. The van der Waals surface area contributed by atoms with Crippen molar-refractivity contribution in [2.75, 3.05) is 6.54 Å². The molecule has 1 saturated carbocycles. The quantitative estimate of drug-likeness (QED) is 0.881. The first-order valence-electron chi connectivity index (χ1n) is 8.01. The van der Waals surface area contributed by atoms with Gasteiger partial charge in [0.25, 0.3) is 0 Å². The highest BCUT2D eigenvalue weighted by atomic mass is 32.1. The third kappa shape index (κ3) is 2.80. The summed E-state index contributed by atoms with van der Waals surface area (Å²) in [5, 5.41) is 9.03. The number of rotatable bonds is 6. The first kappa shape index (κ1) is 16.2. The van der Waals surface area contributed by atoms with E-state index in [1.54, 1.807) is 11.3 Å². The molecule has 5 nitrogen and oxygen atoms in total. The number of thiophene rings is 1. The van der Waals surface area contributed by atoms with E-state index in [0.717, 1.165) is 11.3 Å². The van der Waals surface area contributed by atoms with Gasteiger partial charge in [0.05, 0.1) is 5.41 Å². The van der Waals surface area contributed by atoms with Gasteiger partial charge in [-0.15, -0.1) is 11.3 Å². The lowest BCUT2D eigenvalue weighted by Gasteiger charge is -2.18. The SMILES string of the molecule is CC(C)c1noc(CCNC(=O)C2(c3cccs3)CC2(C)C)n1. The number of nitrogens with one attached hydrogen (secondary N) is 1. The van der Waals surface area contributed by atoms with Gasteiger partial charge < -0.3 is 9.84 Å². The maximum absolute atomic E-state index is 12.8. The van der Waals surface area contributed by atoms with E-state index in [2.05, 4.69) is 35.4 Å². The Balaban J connectivity index is 1.61. The third-order valence-corrected chi connectivity index (χ3v) is 5.72. The Kier molecular flexibility index (Phi) is 4.04. The second kappa shape index (κ2) is 5.74. The molecule has 1 aliphatic rings. The Morgan fingerprint density at radius 3 is 2.74 bits per heavy atom. The lowest BCUT2D eigenvalue weighted by atomic mass is 9.93. The van der Waals surface area contributed by atoms with Crippen molar-refractivity contribution < 1.29 is 9.32 Å². The van der Waals surface area contributed by atoms with Gasteiger partial charge in [-0.1, -0.05) is 38.9 Å². The van der Waals surface area contributed by atoms with E-state index in [4.69, 9.17) is 4.52 Å². The Morgan fingerprint density at radius 1 is 1.48 bits per heavy atom. The molecule has 1 fully saturated rings. The summed E-state index contributed by atoms with van der Waals surface area (Å²) in [5.74, 6) is 1.64. The van der Waals surface area contributed by atoms with Gasteiger partial charge in [0, 0.05) is 23.8 Å². The molecule has 2 aromatic rings. The molecule has 1 N–H and O–H groups in total. The monoisotopic (exact) mass is 333 g/mol. The molecule has 1 unspecified atom stereocenters. The summed E-state index contributed by atoms with van der Waals surface area (Å²) in [5.41, 5.74) is -0.365. The van der Waals surface area contributed by atoms with Gasteiger partial charge in [0.15, 0.2) is 5.82 Å². The number of aromatic nitrogens is 2. The van der Waals surface area contributed by atoms with Gasteiger partial charge in [-0.25, -0.2) is 0 Å². The van der Waals surface area contributed by atoms with Crippen LogP contribution in [0.4, 0.5) is 0 Å². The van der Waals surface area contributed by atoms with Crippen LogP contribution in [0.1, 0.15) is 56.6 Å². The van der Waals surface area contributed by atoms with Crippen LogP contribution in [0.2, 0.25) is 0 Å². The van der Waals surface area contributed by atoms with E-state index >= 15 is 0 Å². The molecule has 2 aromatic heterocycles. The number of hydrogen-bond donors (Lipinski definition) is 1. The molecule has 1 amide bonds. The van der Waals surface area contributed by atoms with Crippen LogP contribution < -0.4 is 5.32 Å². The van der Waals surface area contributed by atoms with Crippen LogP contribution in [-0.4, -0.2) is 22.6 Å². The average Bonchev–Trinajstić information content (AvgIpc) is 2.97. The van der Waals surface area contributed by atoms with Crippen molar-refractivity contribution in [3.8, 4) is 0 Å². The molecule has 2 heterocycles. The summed E-state index contributed by atoms with van der Waals surface area (Å²) in [6.45, 7) is 8.87. The van der Waals surface area contributed by atoms with Crippen LogP contribution in [-0.2, 0) is 16.6 Å². The molecule has 0 spiro atoms. The minimum absolute atomic E-state index is 0.0111. The molecule has 6 heteroatoms. The predicted molar refractivity (Wildman–Crippen MR) is 89.5 cm³/mol. The van der Waals surface area contributed by atoms with E-state index in [9.17, 15) is 4.79 Å². The lowest BCUT2D eigenvalue weighted by Crippen LogP contribution is -2.38. The maximum atomic E-state index is 12.8. The van der Waals surface area contributed by atoms with Crippen molar-refractivity contribution in [2.45, 2.75) is 51.9 Å². The van der Waals surface area contributed by atoms with Crippen molar-refractivity contribution in [2.24, 2.45) is 5.41 Å². The zero-order valence-electron chi connectivity index (χ0n) is 14.0. The fourth-order valence-corrected chi connectivity index (χ4v) is 4.20. The highest BCUT2D eigenvalue weighted by Gasteiger charge is 2.67. The van der Waals surface area contributed by atoms with Gasteiger partial charge in [-0.05, 0) is 23.3 Å². The van der Waals surface area contributed by atoms with E-state index < -0.39 is 0 Å². The minimum Gasteiger partial charge on any atom is -0.355 e. The summed E-state index contributed by atoms with van der Waals surface area (Å²) in [7, 11) is 0. The van der Waals surface area contributed by atoms with Crippen molar-refractivity contribution in [1.29, 1.82) is 0 Å². The predicted octanol–water partition coefficient (Wildman–Crippen LogP) is 3.28. The van der Waals surface area contributed by atoms with Gasteiger partial charge in [0.1, 0.15) is 0 Å². The van der Waals surface area contributed by atoms with Gasteiger partial charge >= 0.3 is 0 Å². The fraction of sp³-hybridized carbons (Fsp3) is 0.588. The normalized spacial score (nSPS) is 22.3. The first-order chi connectivity index (χ1) is 10.9. The average molecular weight is 333 g/mol. The second-order valence-corrected chi connectivity index (χ2v) is 8.10. The van der Waals surface area contributed by atoms with Crippen LogP contribution in [0, 0.1) is 5.41 Å². The Bertz CT molecular complexity index is 691. The number of hydrogen-bond acceptors (Lipinski definition) is 5. The summed E-state index contributed by atoms with van der Waals surface area (Å²) in [4.78, 5) is 18.3. The Labute approximate surface area is 140 Å². The highest BCUT2D eigenvalue weighted by Crippen LogP contribution is 2.65. The van der Waals surface area contributed by atoms with E-state index in [0.29, 0.717) is 24.7 Å². The second-order valence-electron chi connectivity index (χ2n) is 7.15. The van der Waals surface area contributed by atoms with Crippen molar-refractivity contribution >= 4 is 17.2 Å². The van der Waals surface area contributed by atoms with E-state index in [1.807, 2.05) is 25.3 Å². The Hall–Kier alpha value is -1.69. The van der Waals surface area contributed by atoms with Crippen LogP contribution in [0.25, 0.3) is 0 Å². The molecule has 124 valence electrons. The number of amides is 1. The summed E-state index contributed by atoms with van der Waals surface area (Å²) < 4.78 is 5.21. The molecule has 0 saturated heterocycles. The summed E-state index contributed by atoms with van der Waals surface area (Å²) in [6, 6.07) is 4.07. The fourth-order valence-electron chi connectivity index (χ4n) is 3.10. The van der Waals surface area contributed by atoms with Crippen molar-refractivity contribution in [1.82, 2.24) is 15.5 Å². The maximum Gasteiger partial charge on any atom is 0.232 e. The van der Waals surface area contributed by atoms with Gasteiger partial charge in [0.2, 0.25) is 11.8 Å². The summed E-state index contributed by atoms with van der Waals surface area (Å²) in [6.07, 6.45) is 1.46. The van der Waals surface area contributed by atoms with Crippen LogP contribution in [0.3, 0.4) is 0 Å². The van der Waals surface area contributed by atoms with Gasteiger partial charge in [-0.2, -0.15) is 4.98 Å². The number of carbonyl (C=O) groups excluding carboxylic acids is 1. The lowest BCUT2D eigenvalue weighted by molar-refractivity contribution is -0.124. The molecule has 23 heavy (non-hydrogen) atoms. The Morgan fingerprint density at radius 2 is 2.22 bits per heavy atom. The molecule has 0 aliphatic heterocycles. The topological polar surface area (TPSA) is 68.0 Å². The molecule has 0 radical (unpaired) electrons. The first-order valence-corrected chi connectivity index (χ1v) is 8.89. The van der Waals surface area contributed by atoms with E-state index in [-0.39, 0.29) is 22.7 Å². The molecular weight excluding hydrogens is 310 g/mol. The highest BCUT2D eigenvalue weighted by molar-refractivity contribution is 7.10. The largest absolute Gasteiger partial charge is 0.355 e. The minimum atomic E-state index is -0.376. The third-order valence-electron chi connectivity index (χ3n) is 4.69. The zero-order chi connectivity index (χ0) is 16.7. The van der Waals surface area contributed by atoms with E-state index in [1.165, 1.54) is 0 Å². The zero-order valence-corrected chi connectivity index (χ0v) is 14.9. The van der Waals surface area contributed by atoms with Crippen LogP contribution in [0.15, 0.2) is 22.0 Å². The van der Waals surface area contributed by atoms with Crippen molar-refractivity contribution in [3.05, 3.63) is 34.1 Å². The molecule has 3 rings (SSSR count). The van der Waals surface area contributed by atoms with Gasteiger partial charge in [-0.3, -0.25) is 4.79 Å². The van der Waals surface area contributed by atoms with Crippen LogP contribution in [0.5, 0.6) is 0 Å². The molecular formula is C17H23N3O2S. The molecule has 1 atom stereocenters. The number of nitrogens with zero attached hydrogens (tertiary/aromatic N) is 2. The molecule has 0 bridgehead atoms. The number of carbonyl (C=O) groups is 1. The summed E-state index contributed by atoms with van der Waals surface area (Å²) >= 11 is 1.66. The standard InChI is InChI=1S/C17H23N3O2S/c1-11(2)14-19-13(22-20-14)7-8-18-15(21)17(10-16(17,3)4)12-6-5-9-23-12/h5-6,9,11H,7-8,10H2,1-4H3,(H,18,21).